The first kappa shape index (κ1) is 31.6. The topological polar surface area (TPSA) is 155 Å². The number of carbonyl (C=O) groups is 3. The number of benzene rings is 3. The van der Waals surface area contributed by atoms with Crippen LogP contribution in [0.15, 0.2) is 82.8 Å². The molecule has 0 aliphatic heterocycles. The molecule has 0 aromatic heterocycles. The van der Waals surface area contributed by atoms with Crippen LogP contribution in [-0.4, -0.2) is 58.7 Å². The zero-order valence-electron chi connectivity index (χ0n) is 23.7. The van der Waals surface area contributed by atoms with Crippen molar-refractivity contribution in [2.75, 3.05) is 29.9 Å². The van der Waals surface area contributed by atoms with Crippen LogP contribution in [0.3, 0.4) is 0 Å². The Morgan fingerprint density at radius 1 is 0.905 bits per heavy atom. The predicted octanol–water partition coefficient (Wildman–Crippen LogP) is 2.90. The van der Waals surface area contributed by atoms with Crippen LogP contribution in [0, 0.1) is 0 Å². The molecule has 3 rings (SSSR count). The first-order valence-electron chi connectivity index (χ1n) is 12.9. The number of nitrogens with zero attached hydrogens (tertiary/aromatic N) is 2. The summed E-state index contributed by atoms with van der Waals surface area (Å²) in [5, 5.41) is 9.25. The molecule has 13 heteroatoms. The average molecular weight is 596 g/mol. The van der Waals surface area contributed by atoms with Gasteiger partial charge in [-0.15, -0.1) is 0 Å². The third kappa shape index (κ3) is 9.34. The SMILES string of the molecule is COc1ccc(N(CC(=O)N/N=C\c2ccc(OCC(=O)NC(C)C)cc2)S(=O)(=O)c2ccc(NC(C)=O)cc2)cc1. The van der Waals surface area contributed by atoms with Crippen molar-refractivity contribution < 1.29 is 32.3 Å². The average Bonchev–Trinajstić information content (AvgIpc) is 2.95. The highest BCUT2D eigenvalue weighted by molar-refractivity contribution is 7.92. The highest BCUT2D eigenvalue weighted by Gasteiger charge is 2.27. The number of carbonyl (C=O) groups excluding carboxylic acids is 3. The summed E-state index contributed by atoms with van der Waals surface area (Å²) >= 11 is 0. The van der Waals surface area contributed by atoms with Crippen molar-refractivity contribution in [1.82, 2.24) is 10.7 Å². The molecule has 12 nitrogen and oxygen atoms in total. The molecule has 0 bridgehead atoms. The minimum absolute atomic E-state index is 0.0148. The molecule has 3 aromatic rings. The third-order valence-electron chi connectivity index (χ3n) is 5.51. The van der Waals surface area contributed by atoms with E-state index in [1.54, 1.807) is 36.4 Å². The van der Waals surface area contributed by atoms with Crippen LogP contribution < -0.4 is 29.8 Å². The van der Waals surface area contributed by atoms with Crippen LogP contribution >= 0.6 is 0 Å². The van der Waals surface area contributed by atoms with Gasteiger partial charge in [0.05, 0.1) is 23.9 Å². The van der Waals surface area contributed by atoms with Crippen molar-refractivity contribution in [1.29, 1.82) is 0 Å². The standard InChI is InChI=1S/C29H33N5O7S/c1-20(2)31-29(37)19-41-26-11-5-22(6-12-26)17-30-33-28(36)18-34(24-9-13-25(40-4)14-10-24)42(38,39)27-15-7-23(8-16-27)32-21(3)35/h5-17,20H,18-19H2,1-4H3,(H,31,37)(H,32,35)(H,33,36)/b30-17-. The van der Waals surface area contributed by atoms with Gasteiger partial charge in [0.1, 0.15) is 18.0 Å². The summed E-state index contributed by atoms with van der Waals surface area (Å²) in [4.78, 5) is 35.8. The van der Waals surface area contributed by atoms with Gasteiger partial charge in [-0.2, -0.15) is 5.10 Å². The van der Waals surface area contributed by atoms with Gasteiger partial charge in [-0.05, 0) is 92.2 Å². The van der Waals surface area contributed by atoms with E-state index in [2.05, 4.69) is 21.2 Å². The largest absolute Gasteiger partial charge is 0.497 e. The maximum atomic E-state index is 13.6. The Balaban J connectivity index is 1.70. The van der Waals surface area contributed by atoms with Crippen molar-refractivity contribution in [3.63, 3.8) is 0 Å². The molecule has 0 atom stereocenters. The van der Waals surface area contributed by atoms with Gasteiger partial charge >= 0.3 is 0 Å². The Hall–Kier alpha value is -4.91. The fourth-order valence-corrected chi connectivity index (χ4v) is 5.03. The zero-order valence-corrected chi connectivity index (χ0v) is 24.5. The van der Waals surface area contributed by atoms with Gasteiger partial charge in [-0.3, -0.25) is 18.7 Å². The molecule has 0 unspecified atom stereocenters. The molecular weight excluding hydrogens is 562 g/mol. The van der Waals surface area contributed by atoms with Crippen LogP contribution in [0.25, 0.3) is 0 Å². The molecule has 0 heterocycles. The monoisotopic (exact) mass is 595 g/mol. The molecule has 0 spiro atoms. The molecule has 0 aliphatic rings. The summed E-state index contributed by atoms with van der Waals surface area (Å²) in [5.41, 5.74) is 3.65. The van der Waals surface area contributed by atoms with E-state index < -0.39 is 22.5 Å². The fourth-order valence-electron chi connectivity index (χ4n) is 3.61. The van der Waals surface area contributed by atoms with Gasteiger partial charge in [-0.1, -0.05) is 0 Å². The van der Waals surface area contributed by atoms with E-state index in [1.165, 1.54) is 56.6 Å². The number of sulfonamides is 1. The van der Waals surface area contributed by atoms with Gasteiger partial charge < -0.3 is 20.1 Å². The molecule has 0 fully saturated rings. The number of amides is 3. The number of hydrogen-bond donors (Lipinski definition) is 3. The van der Waals surface area contributed by atoms with Gasteiger partial charge in [0, 0.05) is 18.7 Å². The molecule has 222 valence electrons. The number of anilines is 2. The zero-order chi connectivity index (χ0) is 30.7. The maximum Gasteiger partial charge on any atom is 0.264 e. The summed E-state index contributed by atoms with van der Waals surface area (Å²) in [6.07, 6.45) is 1.39. The number of methoxy groups -OCH3 is 1. The predicted molar refractivity (Wildman–Crippen MR) is 159 cm³/mol. The lowest BCUT2D eigenvalue weighted by Crippen LogP contribution is -2.39. The van der Waals surface area contributed by atoms with Gasteiger partial charge in [-0.25, -0.2) is 13.8 Å². The molecule has 3 aromatic carbocycles. The van der Waals surface area contributed by atoms with E-state index in [0.717, 1.165) is 4.31 Å². The second-order valence-electron chi connectivity index (χ2n) is 9.29. The first-order valence-corrected chi connectivity index (χ1v) is 14.3. The van der Waals surface area contributed by atoms with Crippen LogP contribution in [0.1, 0.15) is 26.3 Å². The van der Waals surface area contributed by atoms with Crippen molar-refractivity contribution in [3.05, 3.63) is 78.4 Å². The number of ether oxygens (including phenoxy) is 2. The lowest BCUT2D eigenvalue weighted by atomic mass is 10.2. The Labute approximate surface area is 244 Å². The third-order valence-corrected chi connectivity index (χ3v) is 7.30. The Kier molecular flexibility index (Phi) is 11.0. The number of hydrogen-bond acceptors (Lipinski definition) is 8. The summed E-state index contributed by atoms with van der Waals surface area (Å²) < 4.78 is 38.7. The Morgan fingerprint density at radius 2 is 1.52 bits per heavy atom. The Morgan fingerprint density at radius 3 is 2.10 bits per heavy atom. The second kappa shape index (κ2) is 14.6. The van der Waals surface area contributed by atoms with E-state index in [1.807, 2.05) is 13.8 Å². The van der Waals surface area contributed by atoms with E-state index in [0.29, 0.717) is 22.7 Å². The van der Waals surface area contributed by atoms with Gasteiger partial charge in [0.2, 0.25) is 5.91 Å². The fraction of sp³-hybridized carbons (Fsp3) is 0.241. The number of hydrazone groups is 1. The first-order chi connectivity index (χ1) is 20.0. The van der Waals surface area contributed by atoms with Crippen molar-refractivity contribution in [2.24, 2.45) is 5.10 Å². The van der Waals surface area contributed by atoms with E-state index in [4.69, 9.17) is 9.47 Å². The minimum atomic E-state index is -4.19. The summed E-state index contributed by atoms with van der Waals surface area (Å²) in [7, 11) is -2.71. The van der Waals surface area contributed by atoms with Crippen LogP contribution in [0.5, 0.6) is 11.5 Å². The number of nitrogens with one attached hydrogen (secondary N) is 3. The summed E-state index contributed by atoms with van der Waals surface area (Å²) in [5.74, 6) is -0.207. The Bertz CT molecular complexity index is 1510. The quantitative estimate of drug-likeness (QED) is 0.203. The maximum absolute atomic E-state index is 13.6. The van der Waals surface area contributed by atoms with E-state index >= 15 is 0 Å². The minimum Gasteiger partial charge on any atom is -0.497 e. The normalized spacial score (nSPS) is 11.2. The van der Waals surface area contributed by atoms with Crippen molar-refractivity contribution >= 4 is 45.3 Å². The van der Waals surface area contributed by atoms with Crippen LogP contribution in [-0.2, 0) is 24.4 Å². The van der Waals surface area contributed by atoms with Crippen molar-refractivity contribution in [2.45, 2.75) is 31.7 Å². The molecular formula is C29H33N5O7S. The lowest BCUT2D eigenvalue weighted by Gasteiger charge is -2.24. The molecule has 3 amide bonds. The number of rotatable bonds is 13. The van der Waals surface area contributed by atoms with Crippen LogP contribution in [0.4, 0.5) is 11.4 Å². The highest BCUT2D eigenvalue weighted by atomic mass is 32.2. The summed E-state index contributed by atoms with van der Waals surface area (Å²) in [6, 6.07) is 18.5. The molecule has 0 radical (unpaired) electrons. The molecule has 3 N–H and O–H groups in total. The summed E-state index contributed by atoms with van der Waals surface area (Å²) in [6.45, 7) is 4.38. The smallest absolute Gasteiger partial charge is 0.264 e. The van der Waals surface area contributed by atoms with E-state index in [9.17, 15) is 22.8 Å². The van der Waals surface area contributed by atoms with E-state index in [-0.39, 0.29) is 35.0 Å². The second-order valence-corrected chi connectivity index (χ2v) is 11.2. The van der Waals surface area contributed by atoms with Crippen molar-refractivity contribution in [3.8, 4) is 11.5 Å². The molecule has 0 saturated carbocycles. The lowest BCUT2D eigenvalue weighted by molar-refractivity contribution is -0.123. The molecule has 0 aliphatic carbocycles. The highest BCUT2D eigenvalue weighted by Crippen LogP contribution is 2.26. The molecule has 0 saturated heterocycles. The van der Waals surface area contributed by atoms with Gasteiger partial charge in [0.25, 0.3) is 21.8 Å². The van der Waals surface area contributed by atoms with Crippen LogP contribution in [0.2, 0.25) is 0 Å². The van der Waals surface area contributed by atoms with Gasteiger partial charge in [0.15, 0.2) is 6.61 Å². The molecule has 42 heavy (non-hydrogen) atoms.